The molecule has 13 nitrogen and oxygen atoms in total. The van der Waals surface area contributed by atoms with Gasteiger partial charge in [0, 0.05) is 13.0 Å². The Hall–Kier alpha value is -3.71. The number of phenols is 1. The van der Waals surface area contributed by atoms with Crippen molar-refractivity contribution in [1.29, 1.82) is 0 Å². The molecule has 6 atom stereocenters. The maximum absolute atomic E-state index is 13.8. The summed E-state index contributed by atoms with van der Waals surface area (Å²) in [4.78, 5) is 67.1. The SMILES string of the molecule is CC[C@H](C)[C@H](NC(=O)[C@H](Cc1ccc(O)cc1)NC(=O)[C@@H]1CCCN1C(=O)[C@@H](N)CCCCN)C(=O)N[C@@H](CC(C)C)C(=O)O. The topological polar surface area (TPSA) is 217 Å². The third kappa shape index (κ3) is 11.6. The molecule has 1 heterocycles. The van der Waals surface area contributed by atoms with Gasteiger partial charge in [0.15, 0.2) is 0 Å². The Labute approximate surface area is 265 Å². The largest absolute Gasteiger partial charge is 0.508 e. The molecule has 1 aromatic rings. The van der Waals surface area contributed by atoms with Crippen molar-refractivity contribution in [2.24, 2.45) is 23.3 Å². The number of carbonyl (C=O) groups is 5. The monoisotopic (exact) mass is 632 g/mol. The number of nitrogens with zero attached hydrogens (tertiary/aromatic N) is 1. The molecule has 1 aliphatic heterocycles. The summed E-state index contributed by atoms with van der Waals surface area (Å²) in [5.41, 5.74) is 12.3. The van der Waals surface area contributed by atoms with Crippen molar-refractivity contribution in [3.8, 4) is 5.75 Å². The van der Waals surface area contributed by atoms with Gasteiger partial charge in [0.05, 0.1) is 6.04 Å². The summed E-state index contributed by atoms with van der Waals surface area (Å²) in [5, 5.41) is 27.5. The van der Waals surface area contributed by atoms with Gasteiger partial charge >= 0.3 is 5.97 Å². The summed E-state index contributed by atoms with van der Waals surface area (Å²) in [6, 6.07) is 1.27. The van der Waals surface area contributed by atoms with Gasteiger partial charge < -0.3 is 42.5 Å². The lowest BCUT2D eigenvalue weighted by atomic mass is 9.96. The molecule has 0 spiro atoms. The van der Waals surface area contributed by atoms with Crippen molar-refractivity contribution < 1.29 is 34.2 Å². The van der Waals surface area contributed by atoms with Gasteiger partial charge in [0.1, 0.15) is 29.9 Å². The molecule has 1 fully saturated rings. The highest BCUT2D eigenvalue weighted by Crippen LogP contribution is 2.20. The van der Waals surface area contributed by atoms with Crippen LogP contribution in [0.1, 0.15) is 78.2 Å². The number of nitrogens with one attached hydrogen (secondary N) is 3. The van der Waals surface area contributed by atoms with Crippen molar-refractivity contribution in [3.63, 3.8) is 0 Å². The summed E-state index contributed by atoms with van der Waals surface area (Å²) < 4.78 is 0. The van der Waals surface area contributed by atoms with Gasteiger partial charge in [0.2, 0.25) is 23.6 Å². The second kappa shape index (κ2) is 18.3. The summed E-state index contributed by atoms with van der Waals surface area (Å²) in [6.45, 7) is 8.19. The number of rotatable bonds is 18. The Kier molecular flexibility index (Phi) is 15.2. The van der Waals surface area contributed by atoms with Crippen LogP contribution in [-0.2, 0) is 30.4 Å². The lowest BCUT2D eigenvalue weighted by Crippen LogP contribution is -2.59. The fourth-order valence-electron chi connectivity index (χ4n) is 5.40. The number of unbranched alkanes of at least 4 members (excludes halogenated alkanes) is 1. The number of likely N-dealkylation sites (tertiary alicyclic amines) is 1. The average Bonchev–Trinajstić information content (AvgIpc) is 3.49. The molecular formula is C32H52N6O7. The van der Waals surface area contributed by atoms with E-state index in [2.05, 4.69) is 16.0 Å². The first kappa shape index (κ1) is 37.5. The van der Waals surface area contributed by atoms with E-state index in [9.17, 15) is 34.2 Å². The zero-order chi connectivity index (χ0) is 33.7. The molecular weight excluding hydrogens is 580 g/mol. The normalized spacial score (nSPS) is 18.0. The Morgan fingerprint density at radius 3 is 2.22 bits per heavy atom. The van der Waals surface area contributed by atoms with Gasteiger partial charge in [-0.05, 0) is 68.2 Å². The number of carboxylic acid groups (broad SMARTS) is 1. The maximum Gasteiger partial charge on any atom is 0.326 e. The Morgan fingerprint density at radius 2 is 1.64 bits per heavy atom. The van der Waals surface area contributed by atoms with E-state index in [1.54, 1.807) is 19.1 Å². The van der Waals surface area contributed by atoms with Crippen LogP contribution in [0.3, 0.4) is 0 Å². The van der Waals surface area contributed by atoms with Crippen LogP contribution in [0.25, 0.3) is 0 Å². The van der Waals surface area contributed by atoms with Crippen molar-refractivity contribution in [2.75, 3.05) is 13.1 Å². The fraction of sp³-hybridized carbons (Fsp3) is 0.656. The Bertz CT molecular complexity index is 1150. The molecule has 1 aromatic carbocycles. The molecule has 0 radical (unpaired) electrons. The molecule has 1 aliphatic rings. The highest BCUT2D eigenvalue weighted by molar-refractivity contribution is 5.95. The molecule has 0 aromatic heterocycles. The van der Waals surface area contributed by atoms with E-state index in [1.807, 2.05) is 20.8 Å². The van der Waals surface area contributed by atoms with Crippen LogP contribution in [0.4, 0.5) is 0 Å². The number of benzene rings is 1. The van der Waals surface area contributed by atoms with Crippen LogP contribution < -0.4 is 27.4 Å². The van der Waals surface area contributed by atoms with Gasteiger partial charge in [-0.15, -0.1) is 0 Å². The van der Waals surface area contributed by atoms with Crippen LogP contribution in [0.15, 0.2) is 24.3 Å². The number of hydrogen-bond acceptors (Lipinski definition) is 8. The standard InChI is InChI=1S/C32H52N6O7/c1-5-20(4)27(30(42)36-25(32(44)45)17-19(2)3)37-28(40)24(18-21-11-13-22(39)14-12-21)35-29(41)26-10-8-16-38(26)31(43)23(34)9-6-7-15-33/h11-14,19-20,23-27,39H,5-10,15-18,33-34H2,1-4H3,(H,35,41)(H,36,42)(H,37,40)(H,44,45)/t20-,23-,24-,25-,26-,27-/m0/s1. The maximum atomic E-state index is 13.8. The second-order valence-electron chi connectivity index (χ2n) is 12.4. The number of amides is 4. The predicted octanol–water partition coefficient (Wildman–Crippen LogP) is 1.01. The zero-order valence-corrected chi connectivity index (χ0v) is 27.0. The minimum absolute atomic E-state index is 0.00969. The predicted molar refractivity (Wildman–Crippen MR) is 170 cm³/mol. The number of aliphatic carboxylic acids is 1. The number of aromatic hydroxyl groups is 1. The Balaban J connectivity index is 2.28. The van der Waals surface area contributed by atoms with E-state index in [1.165, 1.54) is 17.0 Å². The molecule has 9 N–H and O–H groups in total. The first-order chi connectivity index (χ1) is 21.3. The number of nitrogens with two attached hydrogens (primary N) is 2. The van der Waals surface area contributed by atoms with Crippen LogP contribution in [0.5, 0.6) is 5.75 Å². The third-order valence-corrected chi connectivity index (χ3v) is 8.25. The minimum atomic E-state index is -1.17. The number of carbonyl (C=O) groups excluding carboxylic acids is 4. The van der Waals surface area contributed by atoms with Crippen molar-refractivity contribution in [1.82, 2.24) is 20.9 Å². The highest BCUT2D eigenvalue weighted by Gasteiger charge is 2.38. The lowest BCUT2D eigenvalue weighted by Gasteiger charge is -2.30. The van der Waals surface area contributed by atoms with Gasteiger partial charge in [-0.25, -0.2) is 4.79 Å². The smallest absolute Gasteiger partial charge is 0.326 e. The minimum Gasteiger partial charge on any atom is -0.508 e. The average molecular weight is 633 g/mol. The highest BCUT2D eigenvalue weighted by atomic mass is 16.4. The first-order valence-corrected chi connectivity index (χ1v) is 16.0. The first-order valence-electron chi connectivity index (χ1n) is 16.0. The number of hydrogen-bond donors (Lipinski definition) is 7. The second-order valence-corrected chi connectivity index (χ2v) is 12.4. The van der Waals surface area contributed by atoms with E-state index in [4.69, 9.17) is 11.5 Å². The summed E-state index contributed by atoms with van der Waals surface area (Å²) in [7, 11) is 0. The molecule has 1 saturated heterocycles. The van der Waals surface area contributed by atoms with Crippen LogP contribution in [0, 0.1) is 11.8 Å². The van der Waals surface area contributed by atoms with Gasteiger partial charge in [-0.3, -0.25) is 19.2 Å². The molecule has 2 rings (SSSR count). The Morgan fingerprint density at radius 1 is 0.978 bits per heavy atom. The van der Waals surface area contributed by atoms with Gasteiger partial charge in [0.25, 0.3) is 0 Å². The van der Waals surface area contributed by atoms with E-state index in [-0.39, 0.29) is 36.3 Å². The fourth-order valence-corrected chi connectivity index (χ4v) is 5.40. The molecule has 0 bridgehead atoms. The molecule has 0 aliphatic carbocycles. The number of phenolic OH excluding ortho intramolecular Hbond substituents is 1. The van der Waals surface area contributed by atoms with Crippen LogP contribution in [-0.4, -0.2) is 88.0 Å². The summed E-state index contributed by atoms with van der Waals surface area (Å²) >= 11 is 0. The lowest BCUT2D eigenvalue weighted by molar-refractivity contribution is -0.143. The van der Waals surface area contributed by atoms with E-state index in [0.29, 0.717) is 50.8 Å². The summed E-state index contributed by atoms with van der Waals surface area (Å²) in [5.74, 6) is -3.58. The molecule has 45 heavy (non-hydrogen) atoms. The van der Waals surface area contributed by atoms with Gasteiger partial charge in [-0.2, -0.15) is 0 Å². The molecule has 4 amide bonds. The number of carboxylic acids is 1. The van der Waals surface area contributed by atoms with Gasteiger partial charge in [-0.1, -0.05) is 52.7 Å². The molecule has 13 heteroatoms. The van der Waals surface area contributed by atoms with Crippen molar-refractivity contribution in [3.05, 3.63) is 29.8 Å². The van der Waals surface area contributed by atoms with E-state index < -0.39 is 53.9 Å². The van der Waals surface area contributed by atoms with Crippen LogP contribution in [0.2, 0.25) is 0 Å². The summed E-state index contributed by atoms with van der Waals surface area (Å²) in [6.07, 6.45) is 3.66. The van der Waals surface area contributed by atoms with Crippen LogP contribution >= 0.6 is 0 Å². The zero-order valence-electron chi connectivity index (χ0n) is 27.0. The molecule has 0 unspecified atom stereocenters. The molecule has 0 saturated carbocycles. The quantitative estimate of drug-likeness (QED) is 0.115. The third-order valence-electron chi connectivity index (χ3n) is 8.25. The van der Waals surface area contributed by atoms with E-state index in [0.717, 1.165) is 6.42 Å². The van der Waals surface area contributed by atoms with E-state index >= 15 is 0 Å². The van der Waals surface area contributed by atoms with Crippen molar-refractivity contribution >= 4 is 29.6 Å². The molecule has 252 valence electrons. The van der Waals surface area contributed by atoms with Crippen molar-refractivity contribution in [2.45, 2.75) is 109 Å².